The van der Waals surface area contributed by atoms with Crippen LogP contribution < -0.4 is 10.1 Å². The van der Waals surface area contributed by atoms with E-state index in [-0.39, 0.29) is 35.6 Å². The lowest BCUT2D eigenvalue weighted by molar-refractivity contribution is -0.130. The molecular formula is C19H23NO7. The number of nitrogens with one attached hydrogen (secondary N) is 1. The molecular weight excluding hydrogens is 354 g/mol. The minimum atomic E-state index is -0.923. The van der Waals surface area contributed by atoms with Gasteiger partial charge in [-0.15, -0.1) is 0 Å². The summed E-state index contributed by atoms with van der Waals surface area (Å²) in [6.45, 7) is 4.48. The molecule has 1 aliphatic rings. The molecule has 0 bridgehead atoms. The van der Waals surface area contributed by atoms with Crippen molar-refractivity contribution in [3.63, 3.8) is 0 Å². The summed E-state index contributed by atoms with van der Waals surface area (Å²) in [7, 11) is 0. The van der Waals surface area contributed by atoms with Gasteiger partial charge in [-0.05, 0) is 38.1 Å². The predicted molar refractivity (Wildman–Crippen MR) is 94.8 cm³/mol. The highest BCUT2D eigenvalue weighted by Gasteiger charge is 2.24. The summed E-state index contributed by atoms with van der Waals surface area (Å²) in [5.41, 5.74) is 0.339. The van der Waals surface area contributed by atoms with Gasteiger partial charge in [0.15, 0.2) is 5.78 Å². The summed E-state index contributed by atoms with van der Waals surface area (Å²) in [4.78, 5) is 46.8. The Morgan fingerprint density at radius 1 is 1.15 bits per heavy atom. The Labute approximate surface area is 157 Å². The van der Waals surface area contributed by atoms with Crippen LogP contribution in [0.4, 0.5) is 4.79 Å². The largest absolute Gasteiger partial charge is 0.412 e. The molecule has 0 aromatic heterocycles. The summed E-state index contributed by atoms with van der Waals surface area (Å²) in [6, 6.07) is 5.93. The quantitative estimate of drug-likeness (QED) is 0.270. The zero-order valence-electron chi connectivity index (χ0n) is 15.4. The number of carbonyl (C=O) groups is 4. The topological polar surface area (TPSA) is 111 Å². The Morgan fingerprint density at radius 2 is 1.78 bits per heavy atom. The molecule has 8 heteroatoms. The Balaban J connectivity index is 1.76. The van der Waals surface area contributed by atoms with Crippen LogP contribution in [0.3, 0.4) is 0 Å². The van der Waals surface area contributed by atoms with Crippen LogP contribution in [-0.4, -0.2) is 55.9 Å². The second-order valence-electron chi connectivity index (χ2n) is 6.27. The van der Waals surface area contributed by atoms with Crippen LogP contribution in [0.5, 0.6) is 5.75 Å². The molecule has 1 amide bonds. The van der Waals surface area contributed by atoms with Crippen LogP contribution in [0.1, 0.15) is 30.6 Å². The van der Waals surface area contributed by atoms with Crippen molar-refractivity contribution in [2.45, 2.75) is 26.4 Å². The fourth-order valence-corrected chi connectivity index (χ4v) is 2.33. The number of carbonyl (C=O) groups excluding carboxylic acids is 4. The molecule has 1 fully saturated rings. The summed E-state index contributed by atoms with van der Waals surface area (Å²) < 4.78 is 15.4. The van der Waals surface area contributed by atoms with Gasteiger partial charge in [-0.25, -0.2) is 4.79 Å². The molecule has 1 N–H and O–H groups in total. The molecule has 1 unspecified atom stereocenters. The van der Waals surface area contributed by atoms with E-state index in [0.29, 0.717) is 25.3 Å². The lowest BCUT2D eigenvalue weighted by Gasteiger charge is -2.10. The van der Waals surface area contributed by atoms with E-state index in [1.165, 1.54) is 38.1 Å². The standard InChI is InChI=1S/C19H23NO7/c1-12(21)17(13(2)22)9-18(23)14-3-5-15(6-4-14)27-19(24)20-7-8-25-10-16-11-26-16/h3-6,16-17H,7-11H2,1-2H3,(H,20,24). The molecule has 0 radical (unpaired) electrons. The zero-order chi connectivity index (χ0) is 19.8. The number of Topliss-reactive ketones (excluding diaryl/α,β-unsaturated/α-hetero) is 3. The van der Waals surface area contributed by atoms with Crippen molar-refractivity contribution < 1.29 is 33.4 Å². The number of ketones is 3. The van der Waals surface area contributed by atoms with Crippen molar-refractivity contribution in [1.82, 2.24) is 5.32 Å². The smallest absolute Gasteiger partial charge is 0.410 e. The minimum Gasteiger partial charge on any atom is -0.410 e. The van der Waals surface area contributed by atoms with Crippen molar-refractivity contribution >= 4 is 23.4 Å². The van der Waals surface area contributed by atoms with Gasteiger partial charge >= 0.3 is 6.09 Å². The van der Waals surface area contributed by atoms with E-state index in [1.54, 1.807) is 0 Å². The average Bonchev–Trinajstić information content (AvgIpc) is 3.43. The van der Waals surface area contributed by atoms with Crippen LogP contribution in [0.15, 0.2) is 24.3 Å². The Bertz CT molecular complexity index is 681. The lowest BCUT2D eigenvalue weighted by atomic mass is 9.92. The molecule has 1 heterocycles. The van der Waals surface area contributed by atoms with Crippen LogP contribution in [0.25, 0.3) is 0 Å². The maximum absolute atomic E-state index is 12.2. The summed E-state index contributed by atoms with van der Waals surface area (Å²) in [6.07, 6.45) is -0.620. The van der Waals surface area contributed by atoms with Gasteiger partial charge in [0.05, 0.1) is 25.7 Å². The predicted octanol–water partition coefficient (Wildman–Crippen LogP) is 1.56. The molecule has 0 spiro atoms. The molecule has 1 aliphatic heterocycles. The number of hydrogen-bond donors (Lipinski definition) is 1. The second-order valence-corrected chi connectivity index (χ2v) is 6.27. The zero-order valence-corrected chi connectivity index (χ0v) is 15.4. The number of benzene rings is 1. The number of rotatable bonds is 11. The third-order valence-electron chi connectivity index (χ3n) is 3.98. The van der Waals surface area contributed by atoms with Gasteiger partial charge in [-0.1, -0.05) is 0 Å². The molecule has 0 saturated carbocycles. The first kappa shape index (κ1) is 20.7. The van der Waals surface area contributed by atoms with E-state index >= 15 is 0 Å². The maximum atomic E-state index is 12.2. The van der Waals surface area contributed by atoms with Gasteiger partial charge in [0.25, 0.3) is 0 Å². The first-order valence-electron chi connectivity index (χ1n) is 8.66. The normalized spacial score (nSPS) is 15.3. The molecule has 0 aliphatic carbocycles. The number of epoxide rings is 1. The Hall–Kier alpha value is -2.58. The van der Waals surface area contributed by atoms with Gasteiger partial charge in [-0.2, -0.15) is 0 Å². The average molecular weight is 377 g/mol. The van der Waals surface area contributed by atoms with Crippen LogP contribution in [-0.2, 0) is 19.1 Å². The van der Waals surface area contributed by atoms with Crippen LogP contribution >= 0.6 is 0 Å². The van der Waals surface area contributed by atoms with Gasteiger partial charge in [-0.3, -0.25) is 14.4 Å². The summed E-state index contributed by atoms with van der Waals surface area (Å²) in [5, 5.41) is 2.54. The first-order valence-corrected chi connectivity index (χ1v) is 8.66. The summed E-state index contributed by atoms with van der Waals surface area (Å²) in [5.74, 6) is -1.64. The SMILES string of the molecule is CC(=O)C(CC(=O)c1ccc(OC(=O)NCCOCC2CO2)cc1)C(C)=O. The highest BCUT2D eigenvalue weighted by Crippen LogP contribution is 2.17. The Kier molecular flexibility index (Phi) is 7.63. The van der Waals surface area contributed by atoms with E-state index in [4.69, 9.17) is 14.2 Å². The van der Waals surface area contributed by atoms with Crippen molar-refractivity contribution in [2.24, 2.45) is 5.92 Å². The fraction of sp³-hybridized carbons (Fsp3) is 0.474. The van der Waals surface area contributed by atoms with Gasteiger partial charge in [0, 0.05) is 18.5 Å². The summed E-state index contributed by atoms with van der Waals surface area (Å²) >= 11 is 0. The highest BCUT2D eigenvalue weighted by molar-refractivity contribution is 6.06. The monoisotopic (exact) mass is 377 g/mol. The number of amides is 1. The molecule has 1 atom stereocenters. The van der Waals surface area contributed by atoms with E-state index in [0.717, 1.165) is 6.61 Å². The van der Waals surface area contributed by atoms with E-state index < -0.39 is 12.0 Å². The highest BCUT2D eigenvalue weighted by atomic mass is 16.6. The van der Waals surface area contributed by atoms with E-state index in [1.807, 2.05) is 0 Å². The third kappa shape index (κ3) is 7.28. The maximum Gasteiger partial charge on any atom is 0.412 e. The minimum absolute atomic E-state index is 0.169. The van der Waals surface area contributed by atoms with Gasteiger partial charge in [0.2, 0.25) is 0 Å². The molecule has 1 aromatic carbocycles. The number of ether oxygens (including phenoxy) is 3. The molecule has 146 valence electrons. The molecule has 1 aromatic rings. The van der Waals surface area contributed by atoms with Gasteiger partial charge < -0.3 is 19.5 Å². The van der Waals surface area contributed by atoms with Crippen LogP contribution in [0, 0.1) is 5.92 Å². The molecule has 2 rings (SSSR count). The lowest BCUT2D eigenvalue weighted by Crippen LogP contribution is -2.30. The number of hydrogen-bond acceptors (Lipinski definition) is 7. The van der Waals surface area contributed by atoms with Crippen molar-refractivity contribution in [2.75, 3.05) is 26.4 Å². The van der Waals surface area contributed by atoms with Crippen molar-refractivity contribution in [3.05, 3.63) is 29.8 Å². The fourth-order valence-electron chi connectivity index (χ4n) is 2.33. The van der Waals surface area contributed by atoms with Crippen LogP contribution in [0.2, 0.25) is 0 Å². The molecule has 1 saturated heterocycles. The van der Waals surface area contributed by atoms with E-state index in [9.17, 15) is 19.2 Å². The van der Waals surface area contributed by atoms with Crippen molar-refractivity contribution in [3.8, 4) is 5.75 Å². The molecule has 8 nitrogen and oxygen atoms in total. The van der Waals surface area contributed by atoms with E-state index in [2.05, 4.69) is 5.32 Å². The second kappa shape index (κ2) is 9.94. The third-order valence-corrected chi connectivity index (χ3v) is 3.98. The molecule has 27 heavy (non-hydrogen) atoms. The Morgan fingerprint density at radius 3 is 2.33 bits per heavy atom. The van der Waals surface area contributed by atoms with Gasteiger partial charge in [0.1, 0.15) is 23.4 Å². The van der Waals surface area contributed by atoms with Crippen molar-refractivity contribution in [1.29, 1.82) is 0 Å². The first-order chi connectivity index (χ1) is 12.9.